The van der Waals surface area contributed by atoms with Crippen LogP contribution in [-0.2, 0) is 4.79 Å². The Morgan fingerprint density at radius 1 is 1.33 bits per heavy atom. The summed E-state index contributed by atoms with van der Waals surface area (Å²) in [5.41, 5.74) is 6.73. The van der Waals surface area contributed by atoms with Crippen LogP contribution in [0.4, 0.5) is 11.8 Å². The van der Waals surface area contributed by atoms with Crippen molar-refractivity contribution in [3.63, 3.8) is 0 Å². The van der Waals surface area contributed by atoms with Crippen molar-refractivity contribution in [3.05, 3.63) is 12.1 Å². The first-order chi connectivity index (χ1) is 11.5. The Bertz CT molecular complexity index is 780. The van der Waals surface area contributed by atoms with E-state index in [1.54, 1.807) is 26.4 Å². The van der Waals surface area contributed by atoms with E-state index in [1.807, 2.05) is 4.90 Å². The Kier molecular flexibility index (Phi) is 4.28. The molecule has 1 aliphatic rings. The fraction of sp³-hybridized carbons (Fsp3) is 0.438. The van der Waals surface area contributed by atoms with Gasteiger partial charge in [0.2, 0.25) is 5.95 Å². The van der Waals surface area contributed by atoms with E-state index < -0.39 is 5.97 Å². The lowest BCUT2D eigenvalue weighted by Crippen LogP contribution is -2.32. The van der Waals surface area contributed by atoms with E-state index in [2.05, 4.69) is 9.97 Å². The van der Waals surface area contributed by atoms with Crippen LogP contribution in [0.25, 0.3) is 10.9 Å². The number of hydrogen-bond acceptors (Lipinski definition) is 7. The van der Waals surface area contributed by atoms with Gasteiger partial charge in [0.15, 0.2) is 11.5 Å². The second kappa shape index (κ2) is 6.38. The number of nitrogens with zero attached hydrogens (tertiary/aromatic N) is 3. The number of nitrogen functional groups attached to an aromatic ring is 1. The molecule has 0 spiro atoms. The SMILES string of the molecule is COc1cc2nc(N3CCCC3CC(=O)O)nc(N)c2cc1OC. The zero-order chi connectivity index (χ0) is 17.3. The van der Waals surface area contributed by atoms with Crippen LogP contribution < -0.4 is 20.1 Å². The quantitative estimate of drug-likeness (QED) is 0.850. The van der Waals surface area contributed by atoms with Crippen LogP contribution in [0.5, 0.6) is 11.5 Å². The number of rotatable bonds is 5. The Balaban J connectivity index is 2.05. The Hall–Kier alpha value is -2.77. The summed E-state index contributed by atoms with van der Waals surface area (Å²) in [4.78, 5) is 21.9. The van der Waals surface area contributed by atoms with Gasteiger partial charge >= 0.3 is 5.97 Å². The minimum atomic E-state index is -0.827. The summed E-state index contributed by atoms with van der Waals surface area (Å²) < 4.78 is 10.6. The molecule has 0 amide bonds. The number of ether oxygens (including phenoxy) is 2. The molecule has 0 radical (unpaired) electrons. The van der Waals surface area contributed by atoms with E-state index in [0.717, 1.165) is 19.4 Å². The molecule has 1 aromatic carbocycles. The highest BCUT2D eigenvalue weighted by molar-refractivity contribution is 5.91. The van der Waals surface area contributed by atoms with Crippen LogP contribution in [0, 0.1) is 0 Å². The van der Waals surface area contributed by atoms with Gasteiger partial charge in [-0.15, -0.1) is 0 Å². The van der Waals surface area contributed by atoms with Crippen molar-refractivity contribution in [1.82, 2.24) is 9.97 Å². The van der Waals surface area contributed by atoms with Gasteiger partial charge in [-0.1, -0.05) is 0 Å². The first-order valence-electron chi connectivity index (χ1n) is 7.71. The third-order valence-corrected chi connectivity index (χ3v) is 4.26. The maximum Gasteiger partial charge on any atom is 0.305 e. The molecule has 0 bridgehead atoms. The number of methoxy groups -OCH3 is 2. The Morgan fingerprint density at radius 3 is 2.71 bits per heavy atom. The lowest BCUT2D eigenvalue weighted by molar-refractivity contribution is -0.137. The number of carbonyl (C=O) groups is 1. The van der Waals surface area contributed by atoms with Crippen molar-refractivity contribution in [2.45, 2.75) is 25.3 Å². The number of carboxylic acid groups (broad SMARTS) is 1. The molecule has 1 saturated heterocycles. The molecule has 2 heterocycles. The number of benzene rings is 1. The van der Waals surface area contributed by atoms with Crippen LogP contribution in [0.3, 0.4) is 0 Å². The fourth-order valence-electron chi connectivity index (χ4n) is 3.11. The highest BCUT2D eigenvalue weighted by Crippen LogP contribution is 2.35. The summed E-state index contributed by atoms with van der Waals surface area (Å²) >= 11 is 0. The third kappa shape index (κ3) is 2.86. The number of fused-ring (bicyclic) bond motifs is 1. The highest BCUT2D eigenvalue weighted by Gasteiger charge is 2.29. The zero-order valence-electron chi connectivity index (χ0n) is 13.7. The molecule has 1 fully saturated rings. The topological polar surface area (TPSA) is 111 Å². The molecule has 0 saturated carbocycles. The zero-order valence-corrected chi connectivity index (χ0v) is 13.7. The predicted octanol–water partition coefficient (Wildman–Crippen LogP) is 1.67. The van der Waals surface area contributed by atoms with Gasteiger partial charge in [0.05, 0.1) is 26.2 Å². The molecule has 1 aromatic heterocycles. The van der Waals surface area contributed by atoms with Crippen molar-refractivity contribution in [2.24, 2.45) is 0 Å². The van der Waals surface area contributed by atoms with E-state index in [-0.39, 0.29) is 12.5 Å². The Morgan fingerprint density at radius 2 is 2.04 bits per heavy atom. The monoisotopic (exact) mass is 332 g/mol. The number of anilines is 2. The lowest BCUT2D eigenvalue weighted by Gasteiger charge is -2.24. The molecule has 8 nitrogen and oxygen atoms in total. The van der Waals surface area contributed by atoms with Crippen molar-refractivity contribution < 1.29 is 19.4 Å². The molecule has 3 rings (SSSR count). The molecule has 1 aliphatic heterocycles. The van der Waals surface area contributed by atoms with Crippen LogP contribution in [0.1, 0.15) is 19.3 Å². The predicted molar refractivity (Wildman–Crippen MR) is 89.7 cm³/mol. The summed E-state index contributed by atoms with van der Waals surface area (Å²) in [6.07, 6.45) is 1.78. The second-order valence-electron chi connectivity index (χ2n) is 5.72. The van der Waals surface area contributed by atoms with Gasteiger partial charge in [-0.3, -0.25) is 4.79 Å². The van der Waals surface area contributed by atoms with Crippen molar-refractivity contribution in [3.8, 4) is 11.5 Å². The van der Waals surface area contributed by atoms with Gasteiger partial charge in [0.25, 0.3) is 0 Å². The third-order valence-electron chi connectivity index (χ3n) is 4.26. The van der Waals surface area contributed by atoms with Crippen molar-refractivity contribution in [2.75, 3.05) is 31.4 Å². The number of nitrogens with two attached hydrogens (primary N) is 1. The molecular formula is C16H20N4O4. The Labute approximate surface area is 139 Å². The number of hydrogen-bond donors (Lipinski definition) is 2. The molecule has 1 atom stereocenters. The standard InChI is InChI=1S/C16H20N4O4/c1-23-12-7-10-11(8-13(12)24-2)18-16(19-15(10)17)20-5-3-4-9(20)6-14(21)22/h7-9H,3-6H2,1-2H3,(H,21,22)(H2,17,18,19). The molecule has 8 heteroatoms. The maximum absolute atomic E-state index is 11.0. The van der Waals surface area contributed by atoms with Gasteiger partial charge in [-0.05, 0) is 18.9 Å². The van der Waals surface area contributed by atoms with E-state index in [0.29, 0.717) is 34.2 Å². The minimum absolute atomic E-state index is 0.0627. The summed E-state index contributed by atoms with van der Waals surface area (Å²) in [7, 11) is 3.11. The normalized spacial score (nSPS) is 17.2. The molecule has 0 aliphatic carbocycles. The second-order valence-corrected chi connectivity index (χ2v) is 5.72. The number of carboxylic acids is 1. The first kappa shape index (κ1) is 16.1. The van der Waals surface area contributed by atoms with Gasteiger partial charge in [-0.25, -0.2) is 4.98 Å². The molecular weight excluding hydrogens is 312 g/mol. The maximum atomic E-state index is 11.0. The van der Waals surface area contributed by atoms with Gasteiger partial charge in [0, 0.05) is 24.0 Å². The van der Waals surface area contributed by atoms with Crippen LogP contribution in [0.2, 0.25) is 0 Å². The first-order valence-corrected chi connectivity index (χ1v) is 7.71. The van der Waals surface area contributed by atoms with E-state index in [1.165, 1.54) is 0 Å². The average Bonchev–Trinajstić information content (AvgIpc) is 3.00. The lowest BCUT2D eigenvalue weighted by atomic mass is 10.1. The fourth-order valence-corrected chi connectivity index (χ4v) is 3.11. The summed E-state index contributed by atoms with van der Waals surface area (Å²) in [6, 6.07) is 3.38. The van der Waals surface area contributed by atoms with Crippen LogP contribution in [-0.4, -0.2) is 47.8 Å². The molecule has 128 valence electrons. The molecule has 3 N–H and O–H groups in total. The highest BCUT2D eigenvalue weighted by atomic mass is 16.5. The smallest absolute Gasteiger partial charge is 0.305 e. The summed E-state index contributed by atoms with van der Waals surface area (Å²) in [5.74, 6) is 1.07. The summed E-state index contributed by atoms with van der Waals surface area (Å²) in [5, 5.41) is 9.74. The van der Waals surface area contributed by atoms with E-state index >= 15 is 0 Å². The number of aromatic nitrogens is 2. The number of aliphatic carboxylic acids is 1. The summed E-state index contributed by atoms with van der Waals surface area (Å²) in [6.45, 7) is 0.718. The van der Waals surface area contributed by atoms with Gasteiger partial charge in [-0.2, -0.15) is 4.98 Å². The van der Waals surface area contributed by atoms with Crippen LogP contribution >= 0.6 is 0 Å². The van der Waals surface area contributed by atoms with Crippen molar-refractivity contribution >= 4 is 28.6 Å². The molecule has 1 unspecified atom stereocenters. The van der Waals surface area contributed by atoms with E-state index in [9.17, 15) is 4.79 Å². The van der Waals surface area contributed by atoms with E-state index in [4.69, 9.17) is 20.3 Å². The minimum Gasteiger partial charge on any atom is -0.493 e. The van der Waals surface area contributed by atoms with Gasteiger partial charge < -0.3 is 25.2 Å². The van der Waals surface area contributed by atoms with Crippen LogP contribution in [0.15, 0.2) is 12.1 Å². The molecule has 24 heavy (non-hydrogen) atoms. The van der Waals surface area contributed by atoms with Gasteiger partial charge in [0.1, 0.15) is 5.82 Å². The molecule has 2 aromatic rings. The van der Waals surface area contributed by atoms with Crippen molar-refractivity contribution in [1.29, 1.82) is 0 Å². The largest absolute Gasteiger partial charge is 0.493 e. The average molecular weight is 332 g/mol.